The second kappa shape index (κ2) is 20.6. The van der Waals surface area contributed by atoms with Gasteiger partial charge in [-0.1, -0.05) is 52.8 Å². The van der Waals surface area contributed by atoms with E-state index in [0.29, 0.717) is 19.2 Å². The number of piperazine rings is 1. The lowest BCUT2D eigenvalue weighted by molar-refractivity contribution is -0.933. The molecule has 71 heavy (non-hydrogen) atoms. The molecule has 4 bridgehead atoms. The van der Waals surface area contributed by atoms with Crippen LogP contribution in [0, 0.1) is 36.5 Å². The second-order valence-electron chi connectivity index (χ2n) is 20.6. The summed E-state index contributed by atoms with van der Waals surface area (Å²) in [6, 6.07) is 3.45. The van der Waals surface area contributed by atoms with Crippen LogP contribution in [-0.2, 0) is 23.8 Å². The first-order chi connectivity index (χ1) is 33.4. The number of aliphatic hydroxyl groups excluding tert-OH is 1. The van der Waals surface area contributed by atoms with E-state index in [1.807, 2.05) is 34.6 Å². The van der Waals surface area contributed by atoms with Crippen LogP contribution in [-0.4, -0.2) is 131 Å². The molecule has 1 amide bonds. The van der Waals surface area contributed by atoms with E-state index < -0.39 is 58.9 Å². The number of benzene rings is 3. The first kappa shape index (κ1) is 52.8. The molecule has 0 unspecified atom stereocenters. The molecule has 2 aromatic rings. The third-order valence-electron chi connectivity index (χ3n) is 15.8. The number of nitrogens with one attached hydrogen (secondary N) is 1. The van der Waals surface area contributed by atoms with Crippen LogP contribution in [0.15, 0.2) is 57.5 Å². The summed E-state index contributed by atoms with van der Waals surface area (Å²) in [6.07, 6.45) is 5.59. The maximum atomic E-state index is 14.9. The minimum absolute atomic E-state index is 0.00490. The molecule has 4 aliphatic heterocycles. The van der Waals surface area contributed by atoms with E-state index in [9.17, 15) is 34.5 Å². The number of methoxy groups -OCH3 is 1. The molecule has 4 N–H and O–H groups in total. The van der Waals surface area contributed by atoms with Gasteiger partial charge >= 0.3 is 11.8 Å². The number of rotatable bonds is 7. The number of fused-ring (bicyclic) bond motifs is 2. The molecule has 5 aliphatic rings. The Morgan fingerprint density at radius 1 is 1.00 bits per heavy atom. The number of hydrogen-bond donors (Lipinski definition) is 4. The average Bonchev–Trinajstić information content (AvgIpc) is 3.59. The van der Waals surface area contributed by atoms with Crippen molar-refractivity contribution in [1.82, 2.24) is 9.88 Å². The fraction of sp³-hybridized carbons (Fsp3) is 0.537. The van der Waals surface area contributed by atoms with Gasteiger partial charge in [0.25, 0.3) is 11.7 Å². The molecule has 0 saturated carbocycles. The number of carbonyl (C=O) groups is 3. The molecular weight excluding hydrogens is 913 g/mol. The third-order valence-corrected chi connectivity index (χ3v) is 15.8. The first-order valence-corrected chi connectivity index (χ1v) is 24.6. The molecule has 0 spiro atoms. The number of carbonyl (C=O) groups excluding carboxylic acids is 3. The lowest BCUT2D eigenvalue weighted by Gasteiger charge is -2.44. The van der Waals surface area contributed by atoms with E-state index in [2.05, 4.69) is 31.1 Å². The zero-order valence-electron chi connectivity index (χ0n) is 43.2. The Labute approximate surface area is 415 Å². The van der Waals surface area contributed by atoms with Gasteiger partial charge in [-0.3, -0.25) is 24.1 Å². The molecule has 1 saturated heterocycles. The van der Waals surface area contributed by atoms with Gasteiger partial charge < -0.3 is 53.2 Å². The standard InChI is InChI=1S/C54H70N4O13/c1-27(2)58(12)21-18-57(19-22-58)20-24-67-36-25-37(60)43-39(26-36)70-51-44(55-43)40-41-47(62)34(9)50-42(40)52(64)54(11,71-50)68-23-17-38(66-13)33(8)49(69-35(10)59)32(7)30(5)31(6)46(61)28(3)15-14-16-29(4)53(65)56-45(51)48(41)63/h14-17,23,25-28,30-33,38,46,49,61H,18-22,24H2,1-13H3,(H2-,55,56,60,62,63,64,65)/p+1/b15-14+,23-17+,29-16-/t28-,30+,31-,32+,33+,38-,46-,49-,54-/m0/s1. The van der Waals surface area contributed by atoms with Gasteiger partial charge in [0.05, 0.1) is 55.6 Å². The fourth-order valence-electron chi connectivity index (χ4n) is 10.2. The number of allylic oxidation sites excluding steroid dienone is 2. The Morgan fingerprint density at radius 3 is 2.34 bits per heavy atom. The summed E-state index contributed by atoms with van der Waals surface area (Å²) < 4.78 is 37.9. The third kappa shape index (κ3) is 10.1. The number of nitrogens with zero attached hydrogens (tertiary/aromatic N) is 3. The Bertz CT molecular complexity index is 2830. The van der Waals surface area contributed by atoms with Crippen molar-refractivity contribution in [2.24, 2.45) is 29.6 Å². The van der Waals surface area contributed by atoms with Crippen LogP contribution in [0.3, 0.4) is 0 Å². The van der Waals surface area contributed by atoms with Crippen LogP contribution in [0.4, 0.5) is 5.69 Å². The van der Waals surface area contributed by atoms with E-state index in [0.717, 1.165) is 30.7 Å². The Hall–Kier alpha value is -6.01. The number of esters is 1. The maximum Gasteiger partial charge on any atom is 0.312 e. The van der Waals surface area contributed by atoms with E-state index in [1.165, 1.54) is 46.3 Å². The number of aromatic hydroxyl groups is 2. The number of quaternary nitrogens is 1. The predicted molar refractivity (Wildman–Crippen MR) is 269 cm³/mol. The zero-order chi connectivity index (χ0) is 52.0. The summed E-state index contributed by atoms with van der Waals surface area (Å²) in [5.74, 6) is -6.44. The van der Waals surface area contributed by atoms with Crippen LogP contribution in [0.2, 0.25) is 0 Å². The van der Waals surface area contributed by atoms with E-state index in [1.54, 1.807) is 31.2 Å². The number of amides is 1. The number of anilines is 1. The highest BCUT2D eigenvalue weighted by Crippen LogP contribution is 2.51. The Kier molecular flexibility index (Phi) is 15.3. The van der Waals surface area contributed by atoms with Gasteiger partial charge in [-0.15, -0.1) is 0 Å². The average molecular weight is 984 g/mol. The summed E-state index contributed by atoms with van der Waals surface area (Å²) >= 11 is 0. The number of likely N-dealkylation sites (N-methyl/N-ethyl adjacent to an activating group) is 1. The van der Waals surface area contributed by atoms with Crippen LogP contribution >= 0.6 is 0 Å². The van der Waals surface area contributed by atoms with Gasteiger partial charge in [-0.25, -0.2) is 4.98 Å². The van der Waals surface area contributed by atoms with Crippen molar-refractivity contribution < 1.29 is 62.3 Å². The zero-order valence-corrected chi connectivity index (χ0v) is 43.2. The molecular formula is C54H71N4O13+. The molecule has 1 fully saturated rings. The summed E-state index contributed by atoms with van der Waals surface area (Å²) in [6.45, 7) is 24.7. The molecule has 9 atom stereocenters. The van der Waals surface area contributed by atoms with Crippen LogP contribution in [0.1, 0.15) is 85.2 Å². The van der Waals surface area contributed by atoms with Crippen molar-refractivity contribution in [3.8, 4) is 34.5 Å². The lowest BCUT2D eigenvalue weighted by atomic mass is 9.73. The first-order valence-electron chi connectivity index (χ1n) is 24.6. The highest BCUT2D eigenvalue weighted by molar-refractivity contribution is 6.22. The van der Waals surface area contributed by atoms with Crippen molar-refractivity contribution in [2.75, 3.05) is 58.8 Å². The van der Waals surface area contributed by atoms with Gasteiger partial charge in [0, 0.05) is 81.1 Å². The molecule has 384 valence electrons. The SMILES string of the molecule is CO[C@H]1/C=C/O[C@@]2(C)Oc3c(C)c(O)c4c(=O)c(c5oc6cc(OCCN7CC[N+](C)(C(C)C)CC7)cc(O)c6nc-5c4c3C2=O)NC(=O)/C(C)=C\C=C\[C@H](C)[C@H](O)[C@@H](C)[C@@H](C)[C@@H](C)[C@H](OC(C)=O)[C@@H]1C. The quantitative estimate of drug-likeness (QED) is 0.0611. The highest BCUT2D eigenvalue weighted by Gasteiger charge is 2.50. The predicted octanol–water partition coefficient (Wildman–Crippen LogP) is 7.48. The Morgan fingerprint density at radius 2 is 1.69 bits per heavy atom. The molecule has 4 heterocycles. The van der Waals surface area contributed by atoms with Crippen molar-refractivity contribution in [1.29, 1.82) is 0 Å². The highest BCUT2D eigenvalue weighted by atomic mass is 16.7. The molecule has 7 rings (SSSR count). The smallest absolute Gasteiger partial charge is 0.312 e. The number of aliphatic hydroxyl groups is 1. The molecule has 0 radical (unpaired) electrons. The normalized spacial score (nSPS) is 29.4. The number of Topliss-reactive ketones (excluding diaryl/α,β-unsaturated/α-hetero) is 1. The van der Waals surface area contributed by atoms with Crippen molar-refractivity contribution >= 4 is 45.2 Å². The van der Waals surface area contributed by atoms with Crippen LogP contribution in [0.25, 0.3) is 33.3 Å². The number of phenolic OH excluding ortho intramolecular Hbond substituents is 2. The Balaban J connectivity index is 1.36. The number of ether oxygens (including phenoxy) is 5. The summed E-state index contributed by atoms with van der Waals surface area (Å²) in [7, 11) is 3.77. The summed E-state index contributed by atoms with van der Waals surface area (Å²) in [5.41, 5.74) is -1.39. The number of hydrogen-bond acceptors (Lipinski definition) is 15. The topological polar surface area (TPSA) is 216 Å². The molecule has 2 aromatic carbocycles. The minimum Gasteiger partial charge on any atom is -0.507 e. The molecule has 17 heteroatoms. The monoisotopic (exact) mass is 984 g/mol. The maximum absolute atomic E-state index is 14.9. The van der Waals surface area contributed by atoms with Gasteiger partial charge in [-0.05, 0) is 51.5 Å². The van der Waals surface area contributed by atoms with Gasteiger partial charge in [0.15, 0.2) is 11.3 Å². The van der Waals surface area contributed by atoms with E-state index in [-0.39, 0.29) is 96.6 Å². The number of aromatic nitrogens is 1. The largest absolute Gasteiger partial charge is 0.507 e. The molecule has 17 nitrogen and oxygen atoms in total. The van der Waals surface area contributed by atoms with Crippen LogP contribution < -0.4 is 20.2 Å². The minimum atomic E-state index is -2.06. The second-order valence-corrected chi connectivity index (χ2v) is 20.6. The number of phenols is 2. The fourth-order valence-corrected chi connectivity index (χ4v) is 10.2. The molecule has 1 aliphatic carbocycles. The molecule has 0 aromatic heterocycles. The van der Waals surface area contributed by atoms with Crippen molar-refractivity contribution in [3.63, 3.8) is 0 Å². The van der Waals surface area contributed by atoms with E-state index >= 15 is 0 Å². The lowest BCUT2D eigenvalue weighted by Crippen LogP contribution is -2.60. The summed E-state index contributed by atoms with van der Waals surface area (Å²) in [4.78, 5) is 63.5. The summed E-state index contributed by atoms with van der Waals surface area (Å²) in [5, 5.41) is 37.2. The van der Waals surface area contributed by atoms with Crippen molar-refractivity contribution in [2.45, 2.75) is 106 Å². The van der Waals surface area contributed by atoms with Gasteiger partial charge in [0.2, 0.25) is 5.43 Å². The number of ketones is 1. The van der Waals surface area contributed by atoms with Crippen LogP contribution in [0.5, 0.6) is 23.0 Å². The van der Waals surface area contributed by atoms with Gasteiger partial charge in [0.1, 0.15) is 52.6 Å². The van der Waals surface area contributed by atoms with Crippen molar-refractivity contribution in [3.05, 3.63) is 69.6 Å². The van der Waals surface area contributed by atoms with E-state index in [4.69, 9.17) is 33.1 Å². The van der Waals surface area contributed by atoms with Gasteiger partial charge in [-0.2, -0.15) is 0 Å².